The maximum atomic E-state index is 14.5. The molecule has 1 aliphatic carbocycles. The summed E-state index contributed by atoms with van der Waals surface area (Å²) in [6.07, 6.45) is 4.18. The number of benzene rings is 1. The molecule has 2 N–H and O–H groups in total. The number of fused-ring (bicyclic) bond motifs is 3. The molecule has 14 atom stereocenters. The van der Waals surface area contributed by atoms with E-state index < -0.39 is 77.8 Å². The Labute approximate surface area is 389 Å². The summed E-state index contributed by atoms with van der Waals surface area (Å²) in [7, 11) is 4.70. The topological polar surface area (TPSA) is 167 Å². The predicted molar refractivity (Wildman–Crippen MR) is 243 cm³/mol. The van der Waals surface area contributed by atoms with E-state index in [0.29, 0.717) is 66.3 Å². The van der Waals surface area contributed by atoms with Crippen LogP contribution in [0.5, 0.6) is 5.75 Å². The number of aliphatic hydroxyl groups excluding tert-OH is 1. The first kappa shape index (κ1) is 52.1. The molecule has 1 saturated carbocycles. The number of Topliss-reactive ketones (excluding diaryl/α,β-unsaturated/α-hetero) is 2. The van der Waals surface area contributed by atoms with Crippen LogP contribution in [0.3, 0.4) is 0 Å². The number of amides is 1. The minimum atomic E-state index is -2.52. The average molecular weight is 937 g/mol. The Hall–Kier alpha value is -2.88. The van der Waals surface area contributed by atoms with Gasteiger partial charge in [0, 0.05) is 58.1 Å². The lowest BCUT2D eigenvalue weighted by atomic mass is 9.81. The normalized spacial score (nSPS) is 37.8. The first-order valence-corrected chi connectivity index (χ1v) is 23.8. The van der Waals surface area contributed by atoms with Gasteiger partial charge in [-0.05, 0) is 108 Å². The second-order valence-corrected chi connectivity index (χ2v) is 19.6. The number of hydrogen-bond donors (Lipinski definition) is 2. The fourth-order valence-electron chi connectivity index (χ4n) is 10.2. The molecular weight excluding hydrogens is 865 g/mol. The van der Waals surface area contributed by atoms with Gasteiger partial charge in [0.05, 0.1) is 34.5 Å². The summed E-state index contributed by atoms with van der Waals surface area (Å²) in [6, 6.07) is 3.97. The molecule has 14 unspecified atom stereocenters. The van der Waals surface area contributed by atoms with Gasteiger partial charge in [0.15, 0.2) is 0 Å². The minimum absolute atomic E-state index is 0.0174. The van der Waals surface area contributed by atoms with Crippen LogP contribution in [0.4, 0.5) is 0 Å². The van der Waals surface area contributed by atoms with Gasteiger partial charge in [0.25, 0.3) is 11.7 Å². The zero-order chi connectivity index (χ0) is 47.0. The van der Waals surface area contributed by atoms with Crippen molar-refractivity contribution in [2.75, 3.05) is 27.9 Å². The van der Waals surface area contributed by atoms with Crippen LogP contribution in [0.15, 0.2) is 41.5 Å². The highest BCUT2D eigenvalue weighted by molar-refractivity contribution is 6.42. The third-order valence-corrected chi connectivity index (χ3v) is 14.8. The largest absolute Gasteiger partial charge is 0.488 e. The summed E-state index contributed by atoms with van der Waals surface area (Å²) in [4.78, 5) is 58.3. The number of carbonyl (C=O) groups excluding carboxylic acids is 4. The lowest BCUT2D eigenvalue weighted by Gasteiger charge is -2.47. The SMILES string of the molecule is CCC1/C=C(\C)CC(C)CC(OC)C2OC(O)(C(=O)C(=O)N3CCCCC3C(=O)OC(C(C)=CC3CCC(Oc4ccc(Cl)c(Cl)c4)C(OC)C3)C(C)C(O)CC1=O)C(C)CC2OC. The molecule has 15 heteroatoms. The van der Waals surface area contributed by atoms with Crippen LogP contribution >= 0.6 is 23.2 Å². The number of nitrogens with zero attached hydrogens (tertiary/aromatic N) is 1. The fraction of sp³-hybridized carbons (Fsp3) is 0.714. The van der Waals surface area contributed by atoms with Crippen LogP contribution in [0.25, 0.3) is 0 Å². The number of ketones is 2. The van der Waals surface area contributed by atoms with E-state index in [2.05, 4.69) is 6.92 Å². The quantitative estimate of drug-likeness (QED) is 0.147. The average Bonchev–Trinajstić information content (AvgIpc) is 3.27. The van der Waals surface area contributed by atoms with E-state index in [-0.39, 0.29) is 55.6 Å². The molecule has 5 rings (SSSR count). The number of carbonyl (C=O) groups is 4. The second-order valence-electron chi connectivity index (χ2n) is 18.8. The number of piperidine rings is 1. The van der Waals surface area contributed by atoms with E-state index in [9.17, 15) is 29.4 Å². The number of esters is 1. The number of allylic oxidation sites excluding steroid dienone is 3. The number of cyclic esters (lactones) is 1. The van der Waals surface area contributed by atoms with Crippen molar-refractivity contribution >= 4 is 46.6 Å². The monoisotopic (exact) mass is 935 g/mol. The van der Waals surface area contributed by atoms with Crippen molar-refractivity contribution in [2.45, 2.75) is 167 Å². The van der Waals surface area contributed by atoms with Crippen molar-refractivity contribution in [3.8, 4) is 5.75 Å². The molecular formula is C49H71Cl2NO12. The lowest BCUT2D eigenvalue weighted by Crippen LogP contribution is -2.64. The lowest BCUT2D eigenvalue weighted by molar-refractivity contribution is -0.302. The third kappa shape index (κ3) is 12.4. The number of rotatable bonds is 8. The molecule has 3 fully saturated rings. The molecule has 1 amide bonds. The molecule has 3 heterocycles. The van der Waals surface area contributed by atoms with E-state index in [1.807, 2.05) is 32.9 Å². The van der Waals surface area contributed by atoms with Gasteiger partial charge >= 0.3 is 5.97 Å². The van der Waals surface area contributed by atoms with Gasteiger partial charge in [-0.25, -0.2) is 4.79 Å². The number of methoxy groups -OCH3 is 3. The van der Waals surface area contributed by atoms with Crippen molar-refractivity contribution in [2.24, 2.45) is 29.6 Å². The van der Waals surface area contributed by atoms with Gasteiger partial charge in [-0.3, -0.25) is 14.4 Å². The molecule has 358 valence electrons. The van der Waals surface area contributed by atoms with Crippen molar-refractivity contribution < 1.29 is 57.8 Å². The Morgan fingerprint density at radius 2 is 1.59 bits per heavy atom. The van der Waals surface area contributed by atoms with Crippen molar-refractivity contribution in [1.82, 2.24) is 4.90 Å². The van der Waals surface area contributed by atoms with E-state index in [4.69, 9.17) is 51.6 Å². The van der Waals surface area contributed by atoms with Gasteiger partial charge in [-0.1, -0.05) is 68.6 Å². The highest BCUT2D eigenvalue weighted by Crippen LogP contribution is 2.40. The number of aliphatic hydroxyl groups is 2. The van der Waals surface area contributed by atoms with Crippen LogP contribution in [-0.2, 0) is 42.9 Å². The molecule has 3 aliphatic heterocycles. The van der Waals surface area contributed by atoms with Crippen LogP contribution < -0.4 is 4.74 Å². The maximum absolute atomic E-state index is 14.5. The van der Waals surface area contributed by atoms with Gasteiger partial charge in [0.1, 0.15) is 35.9 Å². The number of hydrogen-bond acceptors (Lipinski definition) is 12. The fourth-order valence-corrected chi connectivity index (χ4v) is 10.5. The summed E-state index contributed by atoms with van der Waals surface area (Å²) in [6.45, 7) is 11.3. The first-order valence-electron chi connectivity index (χ1n) is 23.1. The molecule has 2 bridgehead atoms. The highest BCUT2D eigenvalue weighted by atomic mass is 35.5. The van der Waals surface area contributed by atoms with Gasteiger partial charge in [-0.2, -0.15) is 0 Å². The molecule has 0 spiro atoms. The summed E-state index contributed by atoms with van der Waals surface area (Å²) < 4.78 is 36.6. The third-order valence-electron chi connectivity index (χ3n) is 14.0. The summed E-state index contributed by atoms with van der Waals surface area (Å²) >= 11 is 12.4. The van der Waals surface area contributed by atoms with Crippen molar-refractivity contribution in [3.63, 3.8) is 0 Å². The molecule has 4 aliphatic rings. The van der Waals surface area contributed by atoms with E-state index in [0.717, 1.165) is 12.0 Å². The Morgan fingerprint density at radius 1 is 0.906 bits per heavy atom. The van der Waals surface area contributed by atoms with Crippen molar-refractivity contribution in [1.29, 1.82) is 0 Å². The molecule has 1 aromatic rings. The predicted octanol–water partition coefficient (Wildman–Crippen LogP) is 7.87. The standard InChI is InChI=1S/C49H71Cl2NO12/c1-10-33-20-27(2)19-28(3)21-42(60-8)45-43(61-9)23-30(5)49(58,64-45)46(55)47(56)52-18-12-11-13-37(52)48(57)63-44(31(6)38(53)26-39(33)54)29(4)22-32-14-17-40(41(24-32)59-7)62-34-15-16-35(50)36(51)25-34/h15-16,20,22,25,28,30-33,37-38,40-45,53,58H,10-14,17-19,21,23-24,26H2,1-9H3/b27-20+,29-22?. The molecule has 0 aromatic heterocycles. The number of halogens is 2. The zero-order valence-corrected chi connectivity index (χ0v) is 40.6. The Morgan fingerprint density at radius 3 is 2.25 bits per heavy atom. The summed E-state index contributed by atoms with van der Waals surface area (Å²) in [5, 5.41) is 24.7. The van der Waals surface area contributed by atoms with E-state index in [1.54, 1.807) is 39.2 Å². The Bertz CT molecular complexity index is 1860. The first-order chi connectivity index (χ1) is 30.3. The Balaban J connectivity index is 1.48. The van der Waals surface area contributed by atoms with Crippen LogP contribution in [0, 0.1) is 29.6 Å². The van der Waals surface area contributed by atoms with Gasteiger partial charge < -0.3 is 43.5 Å². The van der Waals surface area contributed by atoms with Crippen LogP contribution in [-0.4, -0.2) is 121 Å². The molecule has 13 nitrogen and oxygen atoms in total. The van der Waals surface area contributed by atoms with E-state index >= 15 is 0 Å². The molecule has 1 aromatic carbocycles. The van der Waals surface area contributed by atoms with Crippen LogP contribution in [0.1, 0.15) is 112 Å². The zero-order valence-electron chi connectivity index (χ0n) is 39.1. The van der Waals surface area contributed by atoms with Gasteiger partial charge in [0.2, 0.25) is 5.79 Å². The summed E-state index contributed by atoms with van der Waals surface area (Å²) in [5.74, 6) is -7.03. The minimum Gasteiger partial charge on any atom is -0.488 e. The smallest absolute Gasteiger partial charge is 0.329 e. The van der Waals surface area contributed by atoms with Gasteiger partial charge in [-0.15, -0.1) is 0 Å². The Kier molecular flexibility index (Phi) is 18.9. The van der Waals surface area contributed by atoms with E-state index in [1.165, 1.54) is 19.1 Å². The second kappa shape index (κ2) is 23.2. The maximum Gasteiger partial charge on any atom is 0.329 e. The van der Waals surface area contributed by atoms with Crippen molar-refractivity contribution in [3.05, 3.63) is 51.5 Å². The molecule has 0 radical (unpaired) electrons. The number of ether oxygens (including phenoxy) is 6. The summed E-state index contributed by atoms with van der Waals surface area (Å²) in [5.41, 5.74) is 1.66. The van der Waals surface area contributed by atoms with Crippen LogP contribution in [0.2, 0.25) is 10.0 Å². The molecule has 64 heavy (non-hydrogen) atoms. The highest BCUT2D eigenvalue weighted by Gasteiger charge is 2.56. The molecule has 2 saturated heterocycles.